The van der Waals surface area contributed by atoms with Crippen LogP contribution in [0, 0.1) is 0 Å². The monoisotopic (exact) mass is 273 g/mol. The Morgan fingerprint density at radius 1 is 1.28 bits per heavy atom. The van der Waals surface area contributed by atoms with Crippen LogP contribution in [0.15, 0.2) is 23.1 Å². The van der Waals surface area contributed by atoms with Gasteiger partial charge in [0.05, 0.1) is 12.3 Å². The third-order valence-corrected chi connectivity index (χ3v) is 3.45. The van der Waals surface area contributed by atoms with Gasteiger partial charge in [0.25, 0.3) is 10.1 Å². The first-order valence-corrected chi connectivity index (χ1v) is 7.39. The zero-order chi connectivity index (χ0) is 13.6. The van der Waals surface area contributed by atoms with Crippen LogP contribution in [0.4, 0.5) is 5.69 Å². The van der Waals surface area contributed by atoms with E-state index in [9.17, 15) is 8.42 Å². The predicted octanol–water partition coefficient (Wildman–Crippen LogP) is 2.47. The minimum absolute atomic E-state index is 0.0106. The lowest BCUT2D eigenvalue weighted by Gasteiger charge is -2.08. The number of nitrogen functional groups attached to an aromatic ring is 1. The molecule has 6 heteroatoms. The molecule has 0 atom stereocenters. The third-order valence-electron chi connectivity index (χ3n) is 2.53. The summed E-state index contributed by atoms with van der Waals surface area (Å²) in [5.41, 5.74) is 5.53. The summed E-state index contributed by atoms with van der Waals surface area (Å²) in [7, 11) is -4.26. The maximum Gasteiger partial charge on any atom is 0.296 e. The van der Waals surface area contributed by atoms with Gasteiger partial charge >= 0.3 is 0 Å². The second-order valence-electron chi connectivity index (χ2n) is 4.08. The molecule has 0 saturated carbocycles. The van der Waals surface area contributed by atoms with Crippen LogP contribution >= 0.6 is 0 Å². The van der Waals surface area contributed by atoms with Crippen LogP contribution < -0.4 is 10.5 Å². The minimum Gasteiger partial charge on any atom is -0.494 e. The fourth-order valence-corrected chi connectivity index (χ4v) is 2.17. The van der Waals surface area contributed by atoms with E-state index in [-0.39, 0.29) is 10.6 Å². The van der Waals surface area contributed by atoms with E-state index in [0.717, 1.165) is 19.3 Å². The quantitative estimate of drug-likeness (QED) is 0.452. The van der Waals surface area contributed by atoms with Crippen molar-refractivity contribution < 1.29 is 17.7 Å². The summed E-state index contributed by atoms with van der Waals surface area (Å²) in [5.74, 6) is 0.511. The first-order valence-electron chi connectivity index (χ1n) is 5.95. The molecule has 0 aromatic heterocycles. The molecule has 0 aliphatic rings. The molecular weight excluding hydrogens is 254 g/mol. The largest absolute Gasteiger partial charge is 0.494 e. The van der Waals surface area contributed by atoms with Gasteiger partial charge < -0.3 is 10.5 Å². The Balaban J connectivity index is 2.57. The van der Waals surface area contributed by atoms with E-state index in [0.29, 0.717) is 12.4 Å². The van der Waals surface area contributed by atoms with Crippen molar-refractivity contribution in [2.24, 2.45) is 0 Å². The van der Waals surface area contributed by atoms with Crippen molar-refractivity contribution in [3.05, 3.63) is 18.2 Å². The zero-order valence-electron chi connectivity index (χ0n) is 10.4. The van der Waals surface area contributed by atoms with E-state index in [4.69, 9.17) is 15.0 Å². The number of hydrogen-bond donors (Lipinski definition) is 2. The number of unbranched alkanes of at least 4 members (excludes halogenated alkanes) is 3. The first kappa shape index (κ1) is 14.8. The molecule has 1 aromatic carbocycles. The number of anilines is 1. The number of ether oxygens (including phenoxy) is 1. The summed E-state index contributed by atoms with van der Waals surface area (Å²) >= 11 is 0. The van der Waals surface area contributed by atoms with Gasteiger partial charge in [0.1, 0.15) is 10.6 Å². The van der Waals surface area contributed by atoms with Crippen LogP contribution in [0.3, 0.4) is 0 Å². The van der Waals surface area contributed by atoms with Gasteiger partial charge in [0, 0.05) is 6.07 Å². The number of benzene rings is 1. The van der Waals surface area contributed by atoms with Crippen LogP contribution in [-0.4, -0.2) is 19.6 Å². The molecule has 0 unspecified atom stereocenters. The summed E-state index contributed by atoms with van der Waals surface area (Å²) in [6.07, 6.45) is 4.39. The van der Waals surface area contributed by atoms with Crippen LogP contribution in [0.25, 0.3) is 0 Å². The van der Waals surface area contributed by atoms with Gasteiger partial charge in [-0.15, -0.1) is 0 Å². The van der Waals surface area contributed by atoms with Gasteiger partial charge in [-0.25, -0.2) is 0 Å². The average molecular weight is 273 g/mol. The summed E-state index contributed by atoms with van der Waals surface area (Å²) in [5, 5.41) is 0. The van der Waals surface area contributed by atoms with E-state index < -0.39 is 10.1 Å². The molecule has 0 aliphatic carbocycles. The maximum absolute atomic E-state index is 10.9. The number of nitrogens with two attached hydrogens (primary N) is 1. The Hall–Kier alpha value is -1.27. The van der Waals surface area contributed by atoms with Crippen LogP contribution in [0.5, 0.6) is 5.75 Å². The highest BCUT2D eigenvalue weighted by atomic mass is 32.2. The van der Waals surface area contributed by atoms with Crippen molar-refractivity contribution in [3.8, 4) is 5.75 Å². The second-order valence-corrected chi connectivity index (χ2v) is 5.47. The summed E-state index contributed by atoms with van der Waals surface area (Å²) in [6.45, 7) is 2.71. The molecule has 0 heterocycles. The van der Waals surface area contributed by atoms with E-state index in [1.165, 1.54) is 24.6 Å². The van der Waals surface area contributed by atoms with Crippen molar-refractivity contribution in [1.29, 1.82) is 0 Å². The standard InChI is InChI=1S/C12H19NO4S/c1-2-3-4-5-8-17-10-6-7-12(11(13)9-10)18(14,15)16/h6-7,9H,2-5,8,13H2,1H3,(H,14,15,16). The van der Waals surface area contributed by atoms with E-state index in [2.05, 4.69) is 6.92 Å². The van der Waals surface area contributed by atoms with Crippen molar-refractivity contribution in [2.75, 3.05) is 12.3 Å². The van der Waals surface area contributed by atoms with E-state index >= 15 is 0 Å². The van der Waals surface area contributed by atoms with Gasteiger partial charge in [-0.2, -0.15) is 8.42 Å². The molecule has 102 valence electrons. The average Bonchev–Trinajstić information content (AvgIpc) is 2.27. The fraction of sp³-hybridized carbons (Fsp3) is 0.500. The molecule has 0 amide bonds. The summed E-state index contributed by atoms with van der Waals surface area (Å²) in [6, 6.07) is 4.13. The Labute approximate surface area is 108 Å². The lowest BCUT2D eigenvalue weighted by Crippen LogP contribution is -2.04. The maximum atomic E-state index is 10.9. The van der Waals surface area contributed by atoms with Crippen LogP contribution in [0.1, 0.15) is 32.6 Å². The Kier molecular flexibility index (Phi) is 5.43. The van der Waals surface area contributed by atoms with Gasteiger partial charge in [-0.1, -0.05) is 26.2 Å². The van der Waals surface area contributed by atoms with Crippen molar-refractivity contribution in [2.45, 2.75) is 37.5 Å². The molecular formula is C12H19NO4S. The van der Waals surface area contributed by atoms with Gasteiger partial charge in [0.2, 0.25) is 0 Å². The topological polar surface area (TPSA) is 89.6 Å². The third kappa shape index (κ3) is 4.54. The van der Waals surface area contributed by atoms with Crippen molar-refractivity contribution in [1.82, 2.24) is 0 Å². The van der Waals surface area contributed by atoms with Crippen LogP contribution in [0.2, 0.25) is 0 Å². The molecule has 3 N–H and O–H groups in total. The molecule has 0 radical (unpaired) electrons. The predicted molar refractivity (Wildman–Crippen MR) is 70.3 cm³/mol. The molecule has 0 saturated heterocycles. The van der Waals surface area contributed by atoms with Crippen molar-refractivity contribution in [3.63, 3.8) is 0 Å². The molecule has 0 bridgehead atoms. The lowest BCUT2D eigenvalue weighted by molar-refractivity contribution is 0.305. The smallest absolute Gasteiger partial charge is 0.296 e. The highest BCUT2D eigenvalue weighted by molar-refractivity contribution is 7.86. The van der Waals surface area contributed by atoms with Gasteiger partial charge in [-0.3, -0.25) is 4.55 Å². The minimum atomic E-state index is -4.26. The molecule has 18 heavy (non-hydrogen) atoms. The highest BCUT2D eigenvalue weighted by Crippen LogP contribution is 2.23. The van der Waals surface area contributed by atoms with E-state index in [1.54, 1.807) is 0 Å². The van der Waals surface area contributed by atoms with Crippen molar-refractivity contribution >= 4 is 15.8 Å². The zero-order valence-corrected chi connectivity index (χ0v) is 11.2. The Morgan fingerprint density at radius 2 is 2.00 bits per heavy atom. The highest BCUT2D eigenvalue weighted by Gasteiger charge is 2.13. The summed E-state index contributed by atoms with van der Waals surface area (Å²) in [4.78, 5) is -0.291. The first-order chi connectivity index (χ1) is 8.45. The molecule has 1 rings (SSSR count). The van der Waals surface area contributed by atoms with Gasteiger partial charge in [-0.05, 0) is 18.6 Å². The number of hydrogen-bond acceptors (Lipinski definition) is 4. The SMILES string of the molecule is CCCCCCOc1ccc(S(=O)(=O)O)c(N)c1. The molecule has 5 nitrogen and oxygen atoms in total. The summed E-state index contributed by atoms with van der Waals surface area (Å²) < 4.78 is 36.2. The van der Waals surface area contributed by atoms with Gasteiger partial charge in [0.15, 0.2) is 0 Å². The normalized spacial score (nSPS) is 11.4. The molecule has 0 aliphatic heterocycles. The Bertz CT molecular complexity index is 485. The molecule has 0 fully saturated rings. The molecule has 0 spiro atoms. The van der Waals surface area contributed by atoms with E-state index in [1.807, 2.05) is 0 Å². The Morgan fingerprint density at radius 3 is 2.56 bits per heavy atom. The molecule has 1 aromatic rings. The van der Waals surface area contributed by atoms with Crippen LogP contribution in [-0.2, 0) is 10.1 Å². The second kappa shape index (κ2) is 6.61. The number of rotatable bonds is 7. The lowest BCUT2D eigenvalue weighted by atomic mass is 10.2. The fourth-order valence-electron chi connectivity index (χ4n) is 1.57.